The summed E-state index contributed by atoms with van der Waals surface area (Å²) in [5, 5.41) is 2.72. The third-order valence-electron chi connectivity index (χ3n) is 6.04. The Morgan fingerprint density at radius 2 is 1.56 bits per heavy atom. The van der Waals surface area contributed by atoms with E-state index in [9.17, 15) is 18.0 Å². The summed E-state index contributed by atoms with van der Waals surface area (Å²) in [5.74, 6) is 0.385. The zero-order valence-electron chi connectivity index (χ0n) is 20.8. The number of nitrogens with one attached hydrogen (secondary N) is 1. The Morgan fingerprint density at radius 3 is 2.22 bits per heavy atom. The lowest BCUT2D eigenvalue weighted by atomic mass is 10.1. The molecule has 0 radical (unpaired) electrons. The van der Waals surface area contributed by atoms with Gasteiger partial charge in [0.2, 0.25) is 10.0 Å². The molecule has 10 heteroatoms. The van der Waals surface area contributed by atoms with Crippen LogP contribution in [0.3, 0.4) is 0 Å². The molecule has 0 saturated carbocycles. The molecule has 0 bridgehead atoms. The number of esters is 1. The maximum absolute atomic E-state index is 12.7. The molecule has 3 rings (SSSR count). The van der Waals surface area contributed by atoms with E-state index in [4.69, 9.17) is 14.2 Å². The van der Waals surface area contributed by atoms with Crippen molar-refractivity contribution < 1.29 is 32.2 Å². The molecule has 1 saturated heterocycles. The van der Waals surface area contributed by atoms with Gasteiger partial charge < -0.3 is 19.5 Å². The molecule has 0 aromatic heterocycles. The van der Waals surface area contributed by atoms with Crippen molar-refractivity contribution >= 4 is 21.9 Å². The van der Waals surface area contributed by atoms with Gasteiger partial charge in [-0.3, -0.25) is 9.59 Å². The average Bonchev–Trinajstić information content (AvgIpc) is 2.91. The SMILES string of the molecule is COc1ccc(CCNC(=O)COC(=O)CCc2ccc(S(=O)(=O)N3CCCCC3)cc2)cc1OC. The lowest BCUT2D eigenvalue weighted by Crippen LogP contribution is -2.35. The zero-order chi connectivity index (χ0) is 26.0. The van der Waals surface area contributed by atoms with Gasteiger partial charge in [-0.25, -0.2) is 8.42 Å². The lowest BCUT2D eigenvalue weighted by molar-refractivity contribution is -0.148. The quantitative estimate of drug-likeness (QED) is 0.430. The maximum Gasteiger partial charge on any atom is 0.306 e. The van der Waals surface area contributed by atoms with Crippen molar-refractivity contribution in [1.29, 1.82) is 0 Å². The van der Waals surface area contributed by atoms with Gasteiger partial charge in [0.1, 0.15) is 0 Å². The largest absolute Gasteiger partial charge is 0.493 e. The molecule has 0 atom stereocenters. The van der Waals surface area contributed by atoms with Gasteiger partial charge in [0, 0.05) is 26.1 Å². The second-order valence-electron chi connectivity index (χ2n) is 8.56. The van der Waals surface area contributed by atoms with Crippen LogP contribution in [0.1, 0.15) is 36.8 Å². The molecule has 0 aliphatic carbocycles. The minimum absolute atomic E-state index is 0.0944. The highest BCUT2D eigenvalue weighted by Gasteiger charge is 2.25. The smallest absolute Gasteiger partial charge is 0.306 e. The predicted octanol–water partition coefficient (Wildman–Crippen LogP) is 2.71. The third kappa shape index (κ3) is 7.69. The number of methoxy groups -OCH3 is 2. The number of aryl methyl sites for hydroxylation is 1. The second kappa shape index (κ2) is 13.3. The molecule has 1 heterocycles. The van der Waals surface area contributed by atoms with E-state index in [1.54, 1.807) is 44.6 Å². The fourth-order valence-corrected chi connectivity index (χ4v) is 5.50. The molecule has 0 unspecified atom stereocenters. The lowest BCUT2D eigenvalue weighted by Gasteiger charge is -2.25. The molecule has 2 aromatic carbocycles. The third-order valence-corrected chi connectivity index (χ3v) is 7.95. The van der Waals surface area contributed by atoms with E-state index in [1.807, 2.05) is 12.1 Å². The number of piperidine rings is 1. The minimum Gasteiger partial charge on any atom is -0.493 e. The normalized spacial score (nSPS) is 14.2. The van der Waals surface area contributed by atoms with Crippen molar-refractivity contribution in [3.8, 4) is 11.5 Å². The Hall–Kier alpha value is -3.11. The Balaban J connectivity index is 1.36. The molecule has 36 heavy (non-hydrogen) atoms. The highest BCUT2D eigenvalue weighted by molar-refractivity contribution is 7.89. The number of sulfonamides is 1. The van der Waals surface area contributed by atoms with Crippen LogP contribution in [-0.2, 0) is 37.2 Å². The minimum atomic E-state index is -3.48. The van der Waals surface area contributed by atoms with Gasteiger partial charge in [0.25, 0.3) is 5.91 Å². The van der Waals surface area contributed by atoms with Crippen LogP contribution in [0.2, 0.25) is 0 Å². The van der Waals surface area contributed by atoms with Gasteiger partial charge in [0.05, 0.1) is 19.1 Å². The first-order valence-electron chi connectivity index (χ1n) is 12.1. The topological polar surface area (TPSA) is 111 Å². The average molecular weight is 519 g/mol. The Bertz CT molecular complexity index is 1130. The van der Waals surface area contributed by atoms with Crippen LogP contribution in [0.15, 0.2) is 47.4 Å². The summed E-state index contributed by atoms with van der Waals surface area (Å²) in [5.41, 5.74) is 1.80. The number of ether oxygens (including phenoxy) is 3. The van der Waals surface area contributed by atoms with Crippen molar-refractivity contribution in [2.24, 2.45) is 0 Å². The first-order valence-corrected chi connectivity index (χ1v) is 13.5. The van der Waals surface area contributed by atoms with Crippen molar-refractivity contribution in [1.82, 2.24) is 9.62 Å². The number of amides is 1. The van der Waals surface area contributed by atoms with Gasteiger partial charge in [-0.15, -0.1) is 0 Å². The molecule has 9 nitrogen and oxygen atoms in total. The number of rotatable bonds is 12. The van der Waals surface area contributed by atoms with Gasteiger partial charge in [-0.2, -0.15) is 4.31 Å². The van der Waals surface area contributed by atoms with E-state index < -0.39 is 16.0 Å². The number of hydrogen-bond acceptors (Lipinski definition) is 7. The van der Waals surface area contributed by atoms with E-state index in [2.05, 4.69) is 5.32 Å². The van der Waals surface area contributed by atoms with Crippen LogP contribution < -0.4 is 14.8 Å². The highest BCUT2D eigenvalue weighted by atomic mass is 32.2. The number of nitrogens with zero attached hydrogens (tertiary/aromatic N) is 1. The zero-order valence-corrected chi connectivity index (χ0v) is 21.6. The van der Waals surface area contributed by atoms with Gasteiger partial charge in [-0.1, -0.05) is 24.6 Å². The molecule has 1 aliphatic heterocycles. The Morgan fingerprint density at radius 1 is 0.889 bits per heavy atom. The Labute approximate surface area is 212 Å². The van der Waals surface area contributed by atoms with Crippen molar-refractivity contribution in [2.75, 3.05) is 40.5 Å². The van der Waals surface area contributed by atoms with E-state index >= 15 is 0 Å². The molecule has 1 fully saturated rings. The van der Waals surface area contributed by atoms with Crippen LogP contribution in [0.5, 0.6) is 11.5 Å². The number of benzene rings is 2. The molecule has 2 aromatic rings. The number of carbonyl (C=O) groups is 2. The summed E-state index contributed by atoms with van der Waals surface area (Å²) in [4.78, 5) is 24.3. The first kappa shape index (κ1) is 27.5. The van der Waals surface area contributed by atoms with Crippen LogP contribution in [0.4, 0.5) is 0 Å². The van der Waals surface area contributed by atoms with E-state index in [0.717, 1.165) is 30.4 Å². The van der Waals surface area contributed by atoms with Crippen LogP contribution in [-0.4, -0.2) is 65.1 Å². The molecule has 196 valence electrons. The van der Waals surface area contributed by atoms with Crippen molar-refractivity contribution in [3.05, 3.63) is 53.6 Å². The summed E-state index contributed by atoms with van der Waals surface area (Å²) in [7, 11) is -0.344. The summed E-state index contributed by atoms with van der Waals surface area (Å²) in [6.45, 7) is 1.15. The molecule has 0 spiro atoms. The van der Waals surface area contributed by atoms with E-state index in [1.165, 1.54) is 4.31 Å². The molecule has 1 N–H and O–H groups in total. The summed E-state index contributed by atoms with van der Waals surface area (Å²) in [6.07, 6.45) is 3.90. The van der Waals surface area contributed by atoms with Gasteiger partial charge in [0.15, 0.2) is 18.1 Å². The monoisotopic (exact) mass is 518 g/mol. The second-order valence-corrected chi connectivity index (χ2v) is 10.5. The van der Waals surface area contributed by atoms with E-state index in [-0.39, 0.29) is 23.8 Å². The fourth-order valence-electron chi connectivity index (χ4n) is 3.98. The molecular weight excluding hydrogens is 484 g/mol. The van der Waals surface area contributed by atoms with Gasteiger partial charge in [-0.05, 0) is 61.1 Å². The van der Waals surface area contributed by atoms with Crippen LogP contribution >= 0.6 is 0 Å². The number of hydrogen-bond donors (Lipinski definition) is 1. The van der Waals surface area contributed by atoms with Crippen molar-refractivity contribution in [3.63, 3.8) is 0 Å². The first-order chi connectivity index (χ1) is 17.3. The van der Waals surface area contributed by atoms with Crippen LogP contribution in [0, 0.1) is 0 Å². The molecule has 1 amide bonds. The maximum atomic E-state index is 12.7. The fraction of sp³-hybridized carbons (Fsp3) is 0.462. The standard InChI is InChI=1S/C26H34N2O7S/c1-33-23-12-8-21(18-24(23)34-2)14-15-27-25(29)19-35-26(30)13-9-20-6-10-22(11-7-20)36(31,32)28-16-4-3-5-17-28/h6-8,10-12,18H,3-5,9,13-17,19H2,1-2H3,(H,27,29). The molecular formula is C26H34N2O7S. The van der Waals surface area contributed by atoms with Gasteiger partial charge >= 0.3 is 5.97 Å². The number of carbonyl (C=O) groups excluding carboxylic acids is 2. The predicted molar refractivity (Wildman–Crippen MR) is 135 cm³/mol. The van der Waals surface area contributed by atoms with Crippen LogP contribution in [0.25, 0.3) is 0 Å². The highest BCUT2D eigenvalue weighted by Crippen LogP contribution is 2.27. The summed E-state index contributed by atoms with van der Waals surface area (Å²) < 4.78 is 42.5. The summed E-state index contributed by atoms with van der Waals surface area (Å²) in [6, 6.07) is 12.1. The molecule has 1 aliphatic rings. The Kier molecular flexibility index (Phi) is 10.1. The van der Waals surface area contributed by atoms with Crippen molar-refractivity contribution in [2.45, 2.75) is 43.4 Å². The van der Waals surface area contributed by atoms with E-state index in [0.29, 0.717) is 44.0 Å². The summed E-state index contributed by atoms with van der Waals surface area (Å²) >= 11 is 0.